The summed E-state index contributed by atoms with van der Waals surface area (Å²) in [5.74, 6) is 0.662. The van der Waals surface area contributed by atoms with Gasteiger partial charge in [-0.15, -0.1) is 0 Å². The van der Waals surface area contributed by atoms with Crippen LogP contribution in [0.4, 0.5) is 0 Å². The normalized spacial score (nSPS) is 21.1. The van der Waals surface area contributed by atoms with Crippen molar-refractivity contribution in [3.63, 3.8) is 0 Å². The van der Waals surface area contributed by atoms with Gasteiger partial charge in [0.25, 0.3) is 0 Å². The zero-order valence-corrected chi connectivity index (χ0v) is 10.3. The Kier molecular flexibility index (Phi) is 3.35. The third-order valence-electron chi connectivity index (χ3n) is 3.18. The van der Waals surface area contributed by atoms with Gasteiger partial charge in [-0.3, -0.25) is 0 Å². The van der Waals surface area contributed by atoms with Gasteiger partial charge >= 0.3 is 0 Å². The lowest BCUT2D eigenvalue weighted by atomic mass is 10.1. The molecule has 0 amide bonds. The number of nitrogens with one attached hydrogen (secondary N) is 1. The Bertz CT molecular complexity index is 436. The molecule has 0 radical (unpaired) electrons. The van der Waals surface area contributed by atoms with Gasteiger partial charge in [0.1, 0.15) is 9.84 Å². The Morgan fingerprint density at radius 3 is 2.69 bits per heavy atom. The Hall–Kier alpha value is -0.810. The number of aromatic nitrogens is 1. The summed E-state index contributed by atoms with van der Waals surface area (Å²) in [5.41, 5.74) is 1.23. The monoisotopic (exact) mass is 242 g/mol. The van der Waals surface area contributed by atoms with Crippen molar-refractivity contribution < 1.29 is 8.42 Å². The van der Waals surface area contributed by atoms with Crippen LogP contribution in [0.25, 0.3) is 0 Å². The highest BCUT2D eigenvalue weighted by Gasteiger charge is 2.22. The van der Waals surface area contributed by atoms with Crippen LogP contribution in [0.5, 0.6) is 0 Å². The maximum Gasteiger partial charge on any atom is 0.150 e. The molecule has 1 aliphatic rings. The highest BCUT2D eigenvalue weighted by Crippen LogP contribution is 2.12. The first-order chi connectivity index (χ1) is 7.57. The fourth-order valence-electron chi connectivity index (χ4n) is 2.02. The van der Waals surface area contributed by atoms with Gasteiger partial charge in [-0.05, 0) is 25.0 Å². The van der Waals surface area contributed by atoms with Crippen molar-refractivity contribution in [1.82, 2.24) is 9.88 Å². The molecule has 1 saturated heterocycles. The molecule has 1 fully saturated rings. The molecule has 1 N–H and O–H groups in total. The van der Waals surface area contributed by atoms with E-state index in [0.29, 0.717) is 17.5 Å². The minimum Gasteiger partial charge on any atom is -0.353 e. The second-order valence-electron chi connectivity index (χ2n) is 4.42. The molecule has 0 bridgehead atoms. The fourth-order valence-corrected chi connectivity index (χ4v) is 3.51. The standard InChI is InChI=1S/C11H18N2O2S/c1-13-6-2-3-11(13)9-12-10-4-7-16(14,15)8-5-10/h2-3,6,10,12H,4-5,7-9H2,1H3. The molecule has 90 valence electrons. The van der Waals surface area contributed by atoms with Crippen LogP contribution in [0.2, 0.25) is 0 Å². The lowest BCUT2D eigenvalue weighted by Gasteiger charge is -2.23. The second-order valence-corrected chi connectivity index (χ2v) is 6.72. The van der Waals surface area contributed by atoms with Gasteiger partial charge in [-0.2, -0.15) is 0 Å². The predicted molar refractivity (Wildman–Crippen MR) is 63.9 cm³/mol. The molecule has 0 saturated carbocycles. The summed E-state index contributed by atoms with van der Waals surface area (Å²) in [7, 11) is -0.725. The lowest BCUT2D eigenvalue weighted by molar-refractivity contribution is 0.457. The summed E-state index contributed by atoms with van der Waals surface area (Å²) >= 11 is 0. The molecule has 16 heavy (non-hydrogen) atoms. The summed E-state index contributed by atoms with van der Waals surface area (Å²) in [6, 6.07) is 4.44. The van der Waals surface area contributed by atoms with Crippen LogP contribution in [0.15, 0.2) is 18.3 Å². The minimum absolute atomic E-state index is 0.331. The Morgan fingerprint density at radius 2 is 2.12 bits per heavy atom. The molecule has 1 aromatic heterocycles. The molecule has 0 atom stereocenters. The SMILES string of the molecule is Cn1cccc1CNC1CCS(=O)(=O)CC1. The molecule has 5 heteroatoms. The van der Waals surface area contributed by atoms with E-state index in [0.717, 1.165) is 19.4 Å². The second kappa shape index (κ2) is 4.59. The molecule has 2 rings (SSSR count). The van der Waals surface area contributed by atoms with E-state index < -0.39 is 9.84 Å². The van der Waals surface area contributed by atoms with E-state index in [-0.39, 0.29) is 0 Å². The first-order valence-corrected chi connectivity index (χ1v) is 7.43. The van der Waals surface area contributed by atoms with Crippen LogP contribution >= 0.6 is 0 Å². The third kappa shape index (κ3) is 2.86. The molecule has 0 aliphatic carbocycles. The molecular weight excluding hydrogens is 224 g/mol. The van der Waals surface area contributed by atoms with Crippen molar-refractivity contribution in [2.45, 2.75) is 25.4 Å². The smallest absolute Gasteiger partial charge is 0.150 e. The quantitative estimate of drug-likeness (QED) is 0.848. The van der Waals surface area contributed by atoms with E-state index >= 15 is 0 Å². The van der Waals surface area contributed by atoms with E-state index in [1.54, 1.807) is 0 Å². The minimum atomic E-state index is -2.74. The summed E-state index contributed by atoms with van der Waals surface area (Å²) in [4.78, 5) is 0. The molecular formula is C11H18N2O2S. The van der Waals surface area contributed by atoms with Gasteiger partial charge in [-0.1, -0.05) is 0 Å². The number of aryl methyl sites for hydroxylation is 1. The van der Waals surface area contributed by atoms with Crippen molar-refractivity contribution >= 4 is 9.84 Å². The molecule has 0 unspecified atom stereocenters. The van der Waals surface area contributed by atoms with Gasteiger partial charge in [0.2, 0.25) is 0 Å². The van der Waals surface area contributed by atoms with Crippen molar-refractivity contribution in [3.05, 3.63) is 24.0 Å². The van der Waals surface area contributed by atoms with Crippen LogP contribution in [0, 0.1) is 0 Å². The van der Waals surface area contributed by atoms with Crippen molar-refractivity contribution in [3.8, 4) is 0 Å². The van der Waals surface area contributed by atoms with Crippen LogP contribution in [0.1, 0.15) is 18.5 Å². The fraction of sp³-hybridized carbons (Fsp3) is 0.636. The average Bonchev–Trinajstić information content (AvgIpc) is 2.63. The zero-order valence-electron chi connectivity index (χ0n) is 9.52. The van der Waals surface area contributed by atoms with Crippen LogP contribution < -0.4 is 5.32 Å². The molecule has 1 aromatic rings. The van der Waals surface area contributed by atoms with Gasteiger partial charge < -0.3 is 9.88 Å². The predicted octanol–water partition coefficient (Wildman–Crippen LogP) is 0.692. The number of sulfone groups is 1. The number of hydrogen-bond acceptors (Lipinski definition) is 3. The van der Waals surface area contributed by atoms with Gasteiger partial charge in [0, 0.05) is 31.5 Å². The maximum absolute atomic E-state index is 11.3. The third-order valence-corrected chi connectivity index (χ3v) is 4.89. The highest BCUT2D eigenvalue weighted by molar-refractivity contribution is 7.91. The summed E-state index contributed by atoms with van der Waals surface area (Å²) in [5, 5.41) is 3.42. The van der Waals surface area contributed by atoms with Gasteiger partial charge in [0.05, 0.1) is 11.5 Å². The average molecular weight is 242 g/mol. The largest absolute Gasteiger partial charge is 0.353 e. The van der Waals surface area contributed by atoms with Gasteiger partial charge in [0.15, 0.2) is 0 Å². The molecule has 4 nitrogen and oxygen atoms in total. The van der Waals surface area contributed by atoms with Crippen molar-refractivity contribution in [2.24, 2.45) is 7.05 Å². The Morgan fingerprint density at radius 1 is 1.44 bits per heavy atom. The summed E-state index contributed by atoms with van der Waals surface area (Å²) in [6.45, 7) is 0.814. The first kappa shape index (κ1) is 11.7. The van der Waals surface area contributed by atoms with Crippen LogP contribution in [-0.4, -0.2) is 30.5 Å². The van der Waals surface area contributed by atoms with Crippen molar-refractivity contribution in [2.75, 3.05) is 11.5 Å². The Labute approximate surface area is 96.6 Å². The topological polar surface area (TPSA) is 51.1 Å². The molecule has 0 spiro atoms. The summed E-state index contributed by atoms with van der Waals surface area (Å²) < 4.78 is 24.6. The Balaban J connectivity index is 1.82. The van der Waals surface area contributed by atoms with Crippen LogP contribution in [-0.2, 0) is 23.4 Å². The maximum atomic E-state index is 11.3. The molecule has 0 aromatic carbocycles. The number of hydrogen-bond donors (Lipinski definition) is 1. The summed E-state index contributed by atoms with van der Waals surface area (Å²) in [6.07, 6.45) is 3.50. The number of rotatable bonds is 3. The number of nitrogens with zero attached hydrogens (tertiary/aromatic N) is 1. The van der Waals surface area contributed by atoms with Crippen LogP contribution in [0.3, 0.4) is 0 Å². The van der Waals surface area contributed by atoms with E-state index in [9.17, 15) is 8.42 Å². The van der Waals surface area contributed by atoms with E-state index in [1.807, 2.05) is 19.3 Å². The van der Waals surface area contributed by atoms with E-state index in [2.05, 4.69) is 16.0 Å². The van der Waals surface area contributed by atoms with Crippen molar-refractivity contribution in [1.29, 1.82) is 0 Å². The first-order valence-electron chi connectivity index (χ1n) is 5.61. The highest BCUT2D eigenvalue weighted by atomic mass is 32.2. The van der Waals surface area contributed by atoms with E-state index in [4.69, 9.17) is 0 Å². The lowest BCUT2D eigenvalue weighted by Crippen LogP contribution is -2.37. The molecule has 1 aliphatic heterocycles. The molecule has 2 heterocycles. The van der Waals surface area contributed by atoms with E-state index in [1.165, 1.54) is 5.69 Å². The van der Waals surface area contributed by atoms with Gasteiger partial charge in [-0.25, -0.2) is 8.42 Å². The zero-order chi connectivity index (χ0) is 11.6.